The summed E-state index contributed by atoms with van der Waals surface area (Å²) >= 11 is 5.78. The molecule has 0 spiro atoms. The standard InChI is InChI=1S/C11H9ClN4O3/c12-8-2-1-3-9(4-8)14-11(17)7-15-6-10(5-13-15)16(18)19/h1-6H,7H2,(H,14,17). The van der Waals surface area contributed by atoms with Crippen molar-refractivity contribution in [3.8, 4) is 0 Å². The Morgan fingerprint density at radius 1 is 1.53 bits per heavy atom. The van der Waals surface area contributed by atoms with Crippen LogP contribution >= 0.6 is 11.6 Å². The summed E-state index contributed by atoms with van der Waals surface area (Å²) in [6.07, 6.45) is 2.28. The number of carbonyl (C=O) groups excluding carboxylic acids is 1. The van der Waals surface area contributed by atoms with Crippen LogP contribution < -0.4 is 5.32 Å². The van der Waals surface area contributed by atoms with Gasteiger partial charge in [0.25, 0.3) is 0 Å². The van der Waals surface area contributed by atoms with E-state index < -0.39 is 4.92 Å². The smallest absolute Gasteiger partial charge is 0.307 e. The summed E-state index contributed by atoms with van der Waals surface area (Å²) in [5.41, 5.74) is 0.398. The first-order chi connectivity index (χ1) is 9.04. The molecule has 0 fully saturated rings. The lowest BCUT2D eigenvalue weighted by molar-refractivity contribution is -0.385. The van der Waals surface area contributed by atoms with Gasteiger partial charge in [0.05, 0.1) is 4.92 Å². The number of halogens is 1. The van der Waals surface area contributed by atoms with Gasteiger partial charge >= 0.3 is 5.69 Å². The van der Waals surface area contributed by atoms with E-state index in [1.807, 2.05) is 0 Å². The van der Waals surface area contributed by atoms with Crippen molar-refractivity contribution in [2.45, 2.75) is 6.54 Å². The molecule has 0 radical (unpaired) electrons. The van der Waals surface area contributed by atoms with E-state index in [1.54, 1.807) is 24.3 Å². The van der Waals surface area contributed by atoms with Gasteiger partial charge in [-0.25, -0.2) is 0 Å². The summed E-state index contributed by atoms with van der Waals surface area (Å²) in [5.74, 6) is -0.347. The third-order valence-corrected chi connectivity index (χ3v) is 2.48. The first kappa shape index (κ1) is 13.0. The topological polar surface area (TPSA) is 90.1 Å². The molecular formula is C11H9ClN4O3. The Kier molecular flexibility index (Phi) is 3.76. The number of hydrogen-bond acceptors (Lipinski definition) is 4. The molecule has 1 amide bonds. The molecule has 0 aliphatic rings. The Bertz CT molecular complexity index is 626. The highest BCUT2D eigenvalue weighted by atomic mass is 35.5. The number of rotatable bonds is 4. The van der Waals surface area contributed by atoms with E-state index in [-0.39, 0.29) is 18.1 Å². The highest BCUT2D eigenvalue weighted by molar-refractivity contribution is 6.30. The third kappa shape index (κ3) is 3.52. The molecule has 19 heavy (non-hydrogen) atoms. The van der Waals surface area contributed by atoms with Crippen molar-refractivity contribution in [1.82, 2.24) is 9.78 Å². The third-order valence-electron chi connectivity index (χ3n) is 2.24. The molecule has 2 aromatic rings. The van der Waals surface area contributed by atoms with E-state index in [9.17, 15) is 14.9 Å². The molecular weight excluding hydrogens is 272 g/mol. The quantitative estimate of drug-likeness (QED) is 0.686. The predicted molar refractivity (Wildman–Crippen MR) is 69.0 cm³/mol. The molecule has 0 aliphatic heterocycles. The minimum atomic E-state index is -0.571. The summed E-state index contributed by atoms with van der Waals surface area (Å²) in [7, 11) is 0. The van der Waals surface area contributed by atoms with E-state index in [0.29, 0.717) is 10.7 Å². The molecule has 0 bridgehead atoms. The van der Waals surface area contributed by atoms with Crippen molar-refractivity contribution < 1.29 is 9.72 Å². The van der Waals surface area contributed by atoms with Gasteiger partial charge in [0.2, 0.25) is 5.91 Å². The van der Waals surface area contributed by atoms with Gasteiger partial charge in [0.15, 0.2) is 0 Å². The zero-order valence-electron chi connectivity index (χ0n) is 9.62. The van der Waals surface area contributed by atoms with E-state index >= 15 is 0 Å². The van der Waals surface area contributed by atoms with Crippen LogP contribution in [0, 0.1) is 10.1 Å². The number of hydrogen-bond donors (Lipinski definition) is 1. The van der Waals surface area contributed by atoms with Crippen molar-refractivity contribution in [1.29, 1.82) is 0 Å². The lowest BCUT2D eigenvalue weighted by Crippen LogP contribution is -2.18. The Morgan fingerprint density at radius 3 is 2.95 bits per heavy atom. The molecule has 0 atom stereocenters. The Hall–Kier alpha value is -2.41. The number of benzene rings is 1. The van der Waals surface area contributed by atoms with Crippen molar-refractivity contribution in [2.24, 2.45) is 0 Å². The molecule has 98 valence electrons. The number of nitrogens with zero attached hydrogens (tertiary/aromatic N) is 3. The van der Waals surface area contributed by atoms with Gasteiger partial charge in [-0.2, -0.15) is 5.10 Å². The zero-order chi connectivity index (χ0) is 13.8. The molecule has 0 saturated heterocycles. The molecule has 7 nitrogen and oxygen atoms in total. The molecule has 0 aliphatic carbocycles. The zero-order valence-corrected chi connectivity index (χ0v) is 10.4. The van der Waals surface area contributed by atoms with Crippen LogP contribution in [0.5, 0.6) is 0 Å². The SMILES string of the molecule is O=C(Cn1cc([N+](=O)[O-])cn1)Nc1cccc(Cl)c1. The summed E-state index contributed by atoms with van der Waals surface area (Å²) in [5, 5.41) is 17.3. The normalized spacial score (nSPS) is 10.2. The maximum atomic E-state index is 11.7. The number of anilines is 1. The first-order valence-electron chi connectivity index (χ1n) is 5.27. The highest BCUT2D eigenvalue weighted by Gasteiger charge is 2.11. The van der Waals surface area contributed by atoms with E-state index in [2.05, 4.69) is 10.4 Å². The second-order valence-corrected chi connectivity index (χ2v) is 4.15. The van der Waals surface area contributed by atoms with E-state index in [4.69, 9.17) is 11.6 Å². The van der Waals surface area contributed by atoms with Gasteiger partial charge in [0, 0.05) is 10.7 Å². The number of nitro groups is 1. The molecule has 1 aromatic carbocycles. The van der Waals surface area contributed by atoms with Crippen LogP contribution in [0.25, 0.3) is 0 Å². The minimum Gasteiger partial charge on any atom is -0.324 e. The number of carbonyl (C=O) groups is 1. The van der Waals surface area contributed by atoms with Gasteiger partial charge in [-0.15, -0.1) is 0 Å². The van der Waals surface area contributed by atoms with E-state index in [0.717, 1.165) is 6.20 Å². The average molecular weight is 281 g/mol. The lowest BCUT2D eigenvalue weighted by atomic mass is 10.3. The first-order valence-corrected chi connectivity index (χ1v) is 5.64. The minimum absolute atomic E-state index is 0.111. The Morgan fingerprint density at radius 2 is 2.32 bits per heavy atom. The molecule has 1 N–H and O–H groups in total. The lowest BCUT2D eigenvalue weighted by Gasteiger charge is -2.05. The van der Waals surface area contributed by atoms with Gasteiger partial charge < -0.3 is 5.32 Å². The summed E-state index contributed by atoms with van der Waals surface area (Å²) < 4.78 is 1.19. The maximum absolute atomic E-state index is 11.7. The average Bonchev–Trinajstić information content (AvgIpc) is 2.77. The molecule has 0 unspecified atom stereocenters. The van der Waals surface area contributed by atoms with Crippen LogP contribution in [0.3, 0.4) is 0 Å². The van der Waals surface area contributed by atoms with Gasteiger partial charge in [0.1, 0.15) is 18.9 Å². The van der Waals surface area contributed by atoms with Crippen molar-refractivity contribution in [3.63, 3.8) is 0 Å². The van der Waals surface area contributed by atoms with Crippen LogP contribution in [0.1, 0.15) is 0 Å². The van der Waals surface area contributed by atoms with Crippen molar-refractivity contribution >= 4 is 28.9 Å². The van der Waals surface area contributed by atoms with Gasteiger partial charge in [-0.3, -0.25) is 19.6 Å². The molecule has 8 heteroatoms. The van der Waals surface area contributed by atoms with Crippen LogP contribution in [0.2, 0.25) is 5.02 Å². The molecule has 0 saturated carbocycles. The fourth-order valence-electron chi connectivity index (χ4n) is 1.45. The maximum Gasteiger partial charge on any atom is 0.307 e. The number of nitrogens with one attached hydrogen (secondary N) is 1. The Balaban J connectivity index is 1.99. The number of aromatic nitrogens is 2. The second-order valence-electron chi connectivity index (χ2n) is 3.71. The van der Waals surface area contributed by atoms with E-state index in [1.165, 1.54) is 10.9 Å². The summed E-state index contributed by atoms with van der Waals surface area (Å²) in [4.78, 5) is 21.6. The van der Waals surface area contributed by atoms with Crippen molar-refractivity contribution in [3.05, 3.63) is 51.8 Å². The number of amides is 1. The van der Waals surface area contributed by atoms with Gasteiger partial charge in [-0.1, -0.05) is 17.7 Å². The Labute approximate surface area is 112 Å². The monoisotopic (exact) mass is 280 g/mol. The fraction of sp³-hybridized carbons (Fsp3) is 0.0909. The summed E-state index contributed by atoms with van der Waals surface area (Å²) in [6, 6.07) is 6.69. The predicted octanol–water partition coefficient (Wildman–Crippen LogP) is 2.08. The largest absolute Gasteiger partial charge is 0.324 e. The molecule has 2 rings (SSSR count). The fourth-order valence-corrected chi connectivity index (χ4v) is 1.64. The van der Waals surface area contributed by atoms with Gasteiger partial charge in [-0.05, 0) is 18.2 Å². The van der Waals surface area contributed by atoms with Crippen LogP contribution in [0.4, 0.5) is 11.4 Å². The highest BCUT2D eigenvalue weighted by Crippen LogP contribution is 2.15. The summed E-state index contributed by atoms with van der Waals surface area (Å²) in [6.45, 7) is -0.111. The van der Waals surface area contributed by atoms with Crippen molar-refractivity contribution in [2.75, 3.05) is 5.32 Å². The van der Waals surface area contributed by atoms with Crippen LogP contribution in [0.15, 0.2) is 36.7 Å². The molecule has 1 aromatic heterocycles. The molecule has 1 heterocycles. The van der Waals surface area contributed by atoms with Crippen LogP contribution in [-0.2, 0) is 11.3 Å². The van der Waals surface area contributed by atoms with Crippen LogP contribution in [-0.4, -0.2) is 20.6 Å². The second kappa shape index (κ2) is 5.49.